The molecular formula is C20H29N3O. The van der Waals surface area contributed by atoms with Crippen LogP contribution in [-0.4, -0.2) is 30.1 Å². The van der Waals surface area contributed by atoms with Crippen LogP contribution in [0.4, 0.5) is 5.69 Å². The Morgan fingerprint density at radius 2 is 2.04 bits per heavy atom. The summed E-state index contributed by atoms with van der Waals surface area (Å²) in [7, 11) is 0. The fourth-order valence-corrected chi connectivity index (χ4v) is 3.11. The molecule has 1 fully saturated rings. The van der Waals surface area contributed by atoms with Crippen LogP contribution in [0.1, 0.15) is 52.2 Å². The van der Waals surface area contributed by atoms with Gasteiger partial charge in [0.2, 0.25) is 0 Å². The first-order valence-electron chi connectivity index (χ1n) is 8.95. The minimum Gasteiger partial charge on any atom is -0.463 e. The van der Waals surface area contributed by atoms with Gasteiger partial charge >= 0.3 is 0 Å². The number of hydrogen-bond donors (Lipinski definition) is 0. The van der Waals surface area contributed by atoms with E-state index in [0.717, 1.165) is 36.7 Å². The second-order valence-electron chi connectivity index (χ2n) is 7.34. The molecule has 0 bridgehead atoms. The first-order valence-corrected chi connectivity index (χ1v) is 8.95. The molecule has 1 heterocycles. The number of ether oxygens (including phenoxy) is 1. The molecule has 24 heavy (non-hydrogen) atoms. The lowest BCUT2D eigenvalue weighted by Gasteiger charge is -2.26. The molecule has 0 radical (unpaired) electrons. The van der Waals surface area contributed by atoms with Gasteiger partial charge in [-0.05, 0) is 48.4 Å². The Morgan fingerprint density at radius 3 is 2.62 bits per heavy atom. The molecule has 0 aromatic heterocycles. The van der Waals surface area contributed by atoms with Gasteiger partial charge < -0.3 is 9.64 Å². The SMILES string of the molecule is CCc1cc(C#N)ccc1/N=C1\OC[C@H](CC(C)C)N1CC(C)C. The molecule has 0 saturated carbocycles. The van der Waals surface area contributed by atoms with Crippen molar-refractivity contribution in [3.8, 4) is 6.07 Å². The fourth-order valence-electron chi connectivity index (χ4n) is 3.11. The highest BCUT2D eigenvalue weighted by Gasteiger charge is 2.32. The van der Waals surface area contributed by atoms with E-state index < -0.39 is 0 Å². The average Bonchev–Trinajstić information content (AvgIpc) is 2.88. The van der Waals surface area contributed by atoms with Crippen LogP contribution >= 0.6 is 0 Å². The van der Waals surface area contributed by atoms with E-state index in [1.54, 1.807) is 0 Å². The van der Waals surface area contributed by atoms with E-state index in [9.17, 15) is 0 Å². The van der Waals surface area contributed by atoms with Gasteiger partial charge in [-0.2, -0.15) is 10.3 Å². The molecule has 1 aromatic carbocycles. The van der Waals surface area contributed by atoms with Crippen molar-refractivity contribution in [2.24, 2.45) is 16.8 Å². The van der Waals surface area contributed by atoms with Gasteiger partial charge in [0.25, 0.3) is 6.02 Å². The fraction of sp³-hybridized carbons (Fsp3) is 0.600. The normalized spacial score (nSPS) is 19.2. The monoisotopic (exact) mass is 327 g/mol. The molecule has 0 unspecified atom stereocenters. The highest BCUT2D eigenvalue weighted by atomic mass is 16.5. The third-order valence-electron chi connectivity index (χ3n) is 4.20. The van der Waals surface area contributed by atoms with Gasteiger partial charge in [-0.25, -0.2) is 0 Å². The van der Waals surface area contributed by atoms with Crippen LogP contribution < -0.4 is 0 Å². The van der Waals surface area contributed by atoms with Crippen molar-refractivity contribution in [2.75, 3.05) is 13.2 Å². The van der Waals surface area contributed by atoms with Crippen LogP contribution in [0.3, 0.4) is 0 Å². The van der Waals surface area contributed by atoms with Gasteiger partial charge in [0.1, 0.15) is 6.61 Å². The zero-order valence-corrected chi connectivity index (χ0v) is 15.5. The van der Waals surface area contributed by atoms with Gasteiger partial charge in [0, 0.05) is 6.54 Å². The lowest BCUT2D eigenvalue weighted by molar-refractivity contribution is 0.261. The van der Waals surface area contributed by atoms with Crippen molar-refractivity contribution in [2.45, 2.75) is 53.5 Å². The number of hydrogen-bond acceptors (Lipinski definition) is 3. The molecule has 1 aliphatic rings. The van der Waals surface area contributed by atoms with Crippen molar-refractivity contribution in [3.63, 3.8) is 0 Å². The Bertz CT molecular complexity index is 628. The second kappa shape index (κ2) is 8.19. The molecule has 130 valence electrons. The molecule has 4 heteroatoms. The highest BCUT2D eigenvalue weighted by Crippen LogP contribution is 2.26. The molecule has 0 amide bonds. The maximum Gasteiger partial charge on any atom is 0.293 e. The Morgan fingerprint density at radius 1 is 1.29 bits per heavy atom. The molecule has 1 aliphatic heterocycles. The number of rotatable bonds is 6. The van der Waals surface area contributed by atoms with E-state index in [-0.39, 0.29) is 0 Å². The van der Waals surface area contributed by atoms with E-state index in [1.165, 1.54) is 0 Å². The number of aryl methyl sites for hydroxylation is 1. The van der Waals surface area contributed by atoms with Crippen LogP contribution in [0.5, 0.6) is 0 Å². The van der Waals surface area contributed by atoms with Gasteiger partial charge in [-0.15, -0.1) is 0 Å². The third kappa shape index (κ3) is 4.50. The maximum absolute atomic E-state index is 9.07. The van der Waals surface area contributed by atoms with Crippen molar-refractivity contribution in [1.82, 2.24) is 4.90 Å². The molecule has 0 N–H and O–H groups in total. The minimum atomic E-state index is 0.398. The van der Waals surface area contributed by atoms with Gasteiger partial charge in [-0.1, -0.05) is 34.6 Å². The van der Waals surface area contributed by atoms with Crippen LogP contribution in [0.15, 0.2) is 23.2 Å². The molecular weight excluding hydrogens is 298 g/mol. The van der Waals surface area contributed by atoms with Crippen molar-refractivity contribution in [1.29, 1.82) is 5.26 Å². The number of nitrogens with zero attached hydrogens (tertiary/aromatic N) is 3. The quantitative estimate of drug-likeness (QED) is 0.772. The Kier molecular flexibility index (Phi) is 6.25. The topological polar surface area (TPSA) is 48.6 Å². The lowest BCUT2D eigenvalue weighted by Crippen LogP contribution is -2.37. The molecule has 1 atom stereocenters. The summed E-state index contributed by atoms with van der Waals surface area (Å²) in [6.45, 7) is 12.7. The Hall–Kier alpha value is -2.02. The summed E-state index contributed by atoms with van der Waals surface area (Å²) in [6.07, 6.45) is 1.96. The van der Waals surface area contributed by atoms with Crippen molar-refractivity contribution >= 4 is 11.7 Å². The maximum atomic E-state index is 9.07. The smallest absolute Gasteiger partial charge is 0.293 e. The van der Waals surface area contributed by atoms with Gasteiger partial charge in [-0.3, -0.25) is 0 Å². The predicted octanol–water partition coefficient (Wildman–Crippen LogP) is 4.51. The predicted molar refractivity (Wildman–Crippen MR) is 98.4 cm³/mol. The Labute approximate surface area is 146 Å². The summed E-state index contributed by atoms with van der Waals surface area (Å²) in [4.78, 5) is 7.13. The van der Waals surface area contributed by atoms with Gasteiger partial charge in [0.05, 0.1) is 23.4 Å². The number of amidine groups is 1. The van der Waals surface area contributed by atoms with Crippen LogP contribution in [0.25, 0.3) is 0 Å². The summed E-state index contributed by atoms with van der Waals surface area (Å²) in [5.74, 6) is 1.19. The molecule has 1 saturated heterocycles. The molecule has 0 aliphatic carbocycles. The summed E-state index contributed by atoms with van der Waals surface area (Å²) in [5, 5.41) is 9.07. The third-order valence-corrected chi connectivity index (χ3v) is 4.20. The van der Waals surface area contributed by atoms with E-state index in [2.05, 4.69) is 45.6 Å². The number of nitriles is 1. The summed E-state index contributed by atoms with van der Waals surface area (Å²) < 4.78 is 5.95. The standard InChI is InChI=1S/C20H29N3O/c1-6-17-10-16(11-21)7-8-19(17)22-20-23(12-15(4)5)18(13-24-20)9-14(2)3/h7-8,10,14-15,18H,6,9,12-13H2,1-5H3/b22-20-/t18-/m0/s1. The van der Waals surface area contributed by atoms with Crippen molar-refractivity contribution in [3.05, 3.63) is 29.3 Å². The molecule has 1 aromatic rings. The zero-order chi connectivity index (χ0) is 17.7. The number of aliphatic imine (C=N–C) groups is 1. The van der Waals surface area contributed by atoms with E-state index in [0.29, 0.717) is 30.0 Å². The first-order chi connectivity index (χ1) is 11.4. The highest BCUT2D eigenvalue weighted by molar-refractivity contribution is 5.80. The van der Waals surface area contributed by atoms with Crippen molar-refractivity contribution < 1.29 is 4.74 Å². The largest absolute Gasteiger partial charge is 0.463 e. The van der Waals surface area contributed by atoms with E-state index in [4.69, 9.17) is 15.0 Å². The summed E-state index contributed by atoms with van der Waals surface area (Å²) in [5.41, 5.74) is 2.67. The van der Waals surface area contributed by atoms with E-state index in [1.807, 2.05) is 18.2 Å². The molecule has 2 rings (SSSR count). The second-order valence-corrected chi connectivity index (χ2v) is 7.34. The van der Waals surface area contributed by atoms with Gasteiger partial charge in [0.15, 0.2) is 0 Å². The lowest BCUT2D eigenvalue weighted by atomic mass is 10.0. The minimum absolute atomic E-state index is 0.398. The molecule has 4 nitrogen and oxygen atoms in total. The summed E-state index contributed by atoms with van der Waals surface area (Å²) in [6, 6.07) is 9.00. The van der Waals surface area contributed by atoms with Crippen LogP contribution in [0, 0.1) is 23.2 Å². The molecule has 0 spiro atoms. The Balaban J connectivity index is 2.31. The van der Waals surface area contributed by atoms with Crippen LogP contribution in [0.2, 0.25) is 0 Å². The van der Waals surface area contributed by atoms with E-state index >= 15 is 0 Å². The first kappa shape index (κ1) is 18.3. The average molecular weight is 327 g/mol. The summed E-state index contributed by atoms with van der Waals surface area (Å²) >= 11 is 0. The van der Waals surface area contributed by atoms with Crippen LogP contribution in [-0.2, 0) is 11.2 Å². The number of benzene rings is 1. The zero-order valence-electron chi connectivity index (χ0n) is 15.5.